The van der Waals surface area contributed by atoms with Crippen LogP contribution < -0.4 is 0 Å². The number of carbonyl (C=O) groups excluding carboxylic acids is 1. The van der Waals surface area contributed by atoms with E-state index in [-0.39, 0.29) is 53.1 Å². The smallest absolute Gasteiger partial charge is 0.357 e. The van der Waals surface area contributed by atoms with Gasteiger partial charge in [-0.05, 0) is 103 Å². The fourth-order valence-corrected chi connectivity index (χ4v) is 16.5. The van der Waals surface area contributed by atoms with E-state index < -0.39 is 164 Å². The van der Waals surface area contributed by atoms with E-state index in [2.05, 4.69) is 40.7 Å². The van der Waals surface area contributed by atoms with E-state index >= 15 is 0 Å². The van der Waals surface area contributed by atoms with Crippen molar-refractivity contribution >= 4 is 5.97 Å². The molecule has 4 aliphatic heterocycles. The van der Waals surface area contributed by atoms with Gasteiger partial charge < -0.3 is 114 Å². The second-order valence-corrected chi connectivity index (χ2v) is 26.3. The van der Waals surface area contributed by atoms with Crippen LogP contribution in [-0.4, -0.2) is 231 Å². The van der Waals surface area contributed by atoms with Crippen LogP contribution in [0, 0.1) is 56.7 Å². The summed E-state index contributed by atoms with van der Waals surface area (Å²) in [6.45, 7) is 14.4. The summed E-state index contributed by atoms with van der Waals surface area (Å²) in [6, 6.07) is 0. The van der Waals surface area contributed by atoms with Gasteiger partial charge in [-0.1, -0.05) is 60.1 Å². The van der Waals surface area contributed by atoms with Crippen molar-refractivity contribution in [3.8, 4) is 0 Å². The zero-order valence-corrected chi connectivity index (χ0v) is 45.1. The number of carbonyl (C=O) groups is 1. The molecule has 24 heteroatoms. The predicted octanol–water partition coefficient (Wildman–Crippen LogP) is -2.90. The van der Waals surface area contributed by atoms with Crippen molar-refractivity contribution in [2.24, 2.45) is 56.7 Å². The molecule has 442 valence electrons. The number of hydrogen-bond donors (Lipinski definition) is 15. The van der Waals surface area contributed by atoms with E-state index in [9.17, 15) is 81.4 Å². The number of aliphatic hydroxyl groups is 15. The van der Waals surface area contributed by atoms with Gasteiger partial charge in [-0.15, -0.1) is 0 Å². The second-order valence-electron chi connectivity index (χ2n) is 26.3. The highest BCUT2D eigenvalue weighted by molar-refractivity contribution is 5.74. The maximum Gasteiger partial charge on any atom is 0.357 e. The van der Waals surface area contributed by atoms with Crippen LogP contribution in [0.4, 0.5) is 0 Å². The number of aliphatic hydroxyl groups excluding tert-OH is 13. The Kier molecular flexibility index (Phi) is 16.3. The average Bonchev–Trinajstić information content (AvgIpc) is 3.37. The second kappa shape index (κ2) is 20.9. The molecule has 0 spiro atoms. The summed E-state index contributed by atoms with van der Waals surface area (Å²) in [7, 11) is 0. The van der Waals surface area contributed by atoms with Crippen molar-refractivity contribution < 1.29 is 119 Å². The van der Waals surface area contributed by atoms with E-state index in [4.69, 9.17) is 37.9 Å². The molecule has 8 fully saturated rings. The van der Waals surface area contributed by atoms with Crippen LogP contribution >= 0.6 is 0 Å². The number of hydrogen-bond acceptors (Lipinski definition) is 24. The Morgan fingerprint density at radius 2 is 1.32 bits per heavy atom. The van der Waals surface area contributed by atoms with E-state index in [0.717, 1.165) is 31.3 Å². The first-order chi connectivity index (χ1) is 35.7. The van der Waals surface area contributed by atoms with Crippen molar-refractivity contribution in [2.45, 2.75) is 235 Å². The van der Waals surface area contributed by atoms with E-state index in [1.54, 1.807) is 0 Å². The normalized spacial score (nSPS) is 55.4. The fraction of sp³-hybridized carbons (Fsp3) is 0.943. The van der Waals surface area contributed by atoms with Gasteiger partial charge in [0.05, 0.1) is 44.1 Å². The molecule has 4 saturated heterocycles. The Labute approximate surface area is 447 Å². The Bertz CT molecular complexity index is 2170. The highest BCUT2D eigenvalue weighted by atomic mass is 16.9. The minimum absolute atomic E-state index is 0.157. The van der Waals surface area contributed by atoms with Crippen LogP contribution in [0.5, 0.6) is 0 Å². The van der Waals surface area contributed by atoms with Crippen molar-refractivity contribution in [1.29, 1.82) is 0 Å². The molecule has 9 aliphatic rings. The monoisotopic (exact) mass is 1110 g/mol. The fourth-order valence-electron chi connectivity index (χ4n) is 16.5. The van der Waals surface area contributed by atoms with Crippen molar-refractivity contribution in [3.05, 3.63) is 11.6 Å². The molecule has 29 atom stereocenters. The van der Waals surface area contributed by atoms with Crippen LogP contribution in [0.1, 0.15) is 107 Å². The molecule has 9 rings (SSSR count). The summed E-state index contributed by atoms with van der Waals surface area (Å²) in [5.41, 5.74) is -0.749. The quantitative estimate of drug-likeness (QED) is 0.0451. The highest BCUT2D eigenvalue weighted by Crippen LogP contribution is 2.75. The Hall–Kier alpha value is -1.67. The maximum absolute atomic E-state index is 14.7. The number of fused-ring (bicyclic) bond motifs is 7. The molecule has 77 heavy (non-hydrogen) atoms. The van der Waals surface area contributed by atoms with Crippen LogP contribution in [0.25, 0.3) is 0 Å². The first-order valence-electron chi connectivity index (χ1n) is 27.4. The zero-order valence-electron chi connectivity index (χ0n) is 45.1. The van der Waals surface area contributed by atoms with Crippen molar-refractivity contribution in [3.63, 3.8) is 0 Å². The molecular formula is C53H86O24. The van der Waals surface area contributed by atoms with E-state index in [0.29, 0.717) is 19.3 Å². The zero-order chi connectivity index (χ0) is 56.7. The Balaban J connectivity index is 0.896. The number of esters is 1. The van der Waals surface area contributed by atoms with Crippen LogP contribution in [0.2, 0.25) is 0 Å². The molecule has 5 aliphatic carbocycles. The maximum atomic E-state index is 14.7. The van der Waals surface area contributed by atoms with Gasteiger partial charge in [0.2, 0.25) is 0 Å². The van der Waals surface area contributed by atoms with Crippen LogP contribution in [0.3, 0.4) is 0 Å². The summed E-state index contributed by atoms with van der Waals surface area (Å²) in [5.74, 6) is -9.41. The third kappa shape index (κ3) is 9.79. The van der Waals surface area contributed by atoms with Gasteiger partial charge in [-0.2, -0.15) is 0 Å². The lowest BCUT2D eigenvalue weighted by molar-refractivity contribution is -0.473. The lowest BCUT2D eigenvalue weighted by atomic mass is 9.34. The SMILES string of the molecule is CC1OC(OC2C(CO)OC(O)(OCC3OC(O)(OC(=O)C4CC(C)(C)CC5C6=CCC7C8(C)CCC(OC9OCC(O)C(O)C9O)C(C)(C)C8CCC7(C)C6(C)CC(O)C45)C(O)C(O)C3O)C(O)C2O)C(O)C(O)C1O. The Morgan fingerprint density at radius 3 is 2.00 bits per heavy atom. The lowest BCUT2D eigenvalue weighted by Gasteiger charge is -2.71. The molecule has 0 bridgehead atoms. The van der Waals surface area contributed by atoms with Gasteiger partial charge in [0.1, 0.15) is 73.2 Å². The Morgan fingerprint density at radius 1 is 0.675 bits per heavy atom. The third-order valence-electron chi connectivity index (χ3n) is 20.9. The highest BCUT2D eigenvalue weighted by Gasteiger charge is 2.70. The van der Waals surface area contributed by atoms with E-state index in [1.165, 1.54) is 6.92 Å². The van der Waals surface area contributed by atoms with Gasteiger partial charge in [-0.3, -0.25) is 4.79 Å². The summed E-state index contributed by atoms with van der Waals surface area (Å²) >= 11 is 0. The van der Waals surface area contributed by atoms with Crippen LogP contribution in [-0.2, 0) is 42.7 Å². The summed E-state index contributed by atoms with van der Waals surface area (Å²) in [5, 5.41) is 163. The average molecular weight is 1110 g/mol. The molecule has 4 saturated carbocycles. The van der Waals surface area contributed by atoms with Crippen molar-refractivity contribution in [1.82, 2.24) is 0 Å². The topological polar surface area (TPSA) is 394 Å². The third-order valence-corrected chi connectivity index (χ3v) is 20.9. The molecule has 15 N–H and O–H groups in total. The first kappa shape index (κ1) is 59.9. The molecule has 0 aromatic rings. The minimum Gasteiger partial charge on any atom is -0.405 e. The first-order valence-corrected chi connectivity index (χ1v) is 27.4. The molecule has 24 nitrogen and oxygen atoms in total. The van der Waals surface area contributed by atoms with Gasteiger partial charge in [0.15, 0.2) is 24.8 Å². The summed E-state index contributed by atoms with van der Waals surface area (Å²) in [6.07, 6.45) is -24.0. The molecule has 0 amide bonds. The van der Waals surface area contributed by atoms with Crippen LogP contribution in [0.15, 0.2) is 11.6 Å². The number of allylic oxidation sites excluding steroid dienone is 2. The largest absolute Gasteiger partial charge is 0.405 e. The molecule has 0 aromatic carbocycles. The predicted molar refractivity (Wildman–Crippen MR) is 259 cm³/mol. The molecule has 29 unspecified atom stereocenters. The molecular weight excluding hydrogens is 1020 g/mol. The molecule has 0 radical (unpaired) electrons. The van der Waals surface area contributed by atoms with Gasteiger partial charge in [0.25, 0.3) is 0 Å². The van der Waals surface area contributed by atoms with Gasteiger partial charge in [0, 0.05) is 5.92 Å². The summed E-state index contributed by atoms with van der Waals surface area (Å²) in [4.78, 5) is 14.7. The summed E-state index contributed by atoms with van der Waals surface area (Å²) < 4.78 is 45.2. The van der Waals surface area contributed by atoms with Gasteiger partial charge >= 0.3 is 17.9 Å². The molecule has 0 aromatic heterocycles. The van der Waals surface area contributed by atoms with Gasteiger partial charge in [-0.25, -0.2) is 0 Å². The molecule has 4 heterocycles. The van der Waals surface area contributed by atoms with E-state index in [1.807, 2.05) is 13.8 Å². The number of rotatable bonds is 10. The lowest BCUT2D eigenvalue weighted by Crippen LogP contribution is -2.70. The van der Waals surface area contributed by atoms with Crippen molar-refractivity contribution in [2.75, 3.05) is 19.8 Å². The number of ether oxygens (including phenoxy) is 8. The standard InChI is InChI=1S/C53H86O24/c1-21-33(57)36(60)39(63)46(72-21)74-41-27(18-54)75-52(68,43(66)40(41)64)71-20-28-35(59)37(61)42(65)53(69,76-28)77-44(67)23-16-47(2,3)15-22-24-9-10-30-49(6)13-12-31(73-45-38(62)34(58)26(56)19-70-45)48(4,5)29(49)11-14-50(30,7)51(24,8)17-25(55)32(22)23/h9,21-23,25-43,45-46,54-66,68-69H,10-20H2,1-8H3. The minimum atomic E-state index is -3.37.